The smallest absolute Gasteiger partial charge is 0.208 e. The molecule has 116 valence electrons. The van der Waals surface area contributed by atoms with Crippen molar-refractivity contribution in [3.05, 3.63) is 64.2 Å². The number of benzene rings is 1. The Balaban J connectivity index is 1.66. The van der Waals surface area contributed by atoms with Gasteiger partial charge in [0.05, 0.1) is 0 Å². The summed E-state index contributed by atoms with van der Waals surface area (Å²) in [6.45, 7) is 2.18. The maximum Gasteiger partial charge on any atom is 0.217 e. The lowest BCUT2D eigenvalue weighted by Gasteiger charge is -2.29. The van der Waals surface area contributed by atoms with Gasteiger partial charge in [-0.2, -0.15) is 4.39 Å². The van der Waals surface area contributed by atoms with Gasteiger partial charge in [0.2, 0.25) is 5.95 Å². The number of hydrogen-bond acceptors (Lipinski definition) is 1. The Hall–Kier alpha value is -1.41. The molecule has 3 rings (SSSR count). The average molecular weight is 318 g/mol. The fourth-order valence-electron chi connectivity index (χ4n) is 3.49. The molecule has 0 bridgehead atoms. The summed E-state index contributed by atoms with van der Waals surface area (Å²) in [4.78, 5) is 3.74. The Morgan fingerprint density at radius 1 is 1.00 bits per heavy atom. The maximum absolute atomic E-state index is 13.9. The van der Waals surface area contributed by atoms with Crippen molar-refractivity contribution < 1.29 is 4.39 Å². The van der Waals surface area contributed by atoms with E-state index in [2.05, 4.69) is 36.2 Å². The van der Waals surface area contributed by atoms with Crippen LogP contribution in [0.25, 0.3) is 0 Å². The van der Waals surface area contributed by atoms with Gasteiger partial charge in [-0.15, -0.1) is 0 Å². The molecule has 3 heteroatoms. The van der Waals surface area contributed by atoms with Crippen molar-refractivity contribution in [1.29, 1.82) is 0 Å². The predicted molar refractivity (Wildman–Crippen MR) is 89.0 cm³/mol. The molecular weight excluding hydrogens is 297 g/mol. The van der Waals surface area contributed by atoms with Gasteiger partial charge in [0.15, 0.2) is 0 Å². The molecular formula is C19H21ClFN. The zero-order chi connectivity index (χ0) is 15.5. The number of hydrogen-bond donors (Lipinski definition) is 0. The summed E-state index contributed by atoms with van der Waals surface area (Å²) >= 11 is 5.73. The summed E-state index contributed by atoms with van der Waals surface area (Å²) in [6.07, 6.45) is 5.33. The molecule has 0 spiro atoms. The van der Waals surface area contributed by atoms with E-state index in [1.807, 2.05) is 0 Å². The third kappa shape index (κ3) is 3.33. The SMILES string of the molecule is CCc1ccc(C2CCC(c3ccc(Cl)nc3F)CC2)cc1. The number of nitrogens with zero attached hydrogens (tertiary/aromatic N) is 1. The fourth-order valence-corrected chi connectivity index (χ4v) is 3.63. The quantitative estimate of drug-likeness (QED) is 0.644. The van der Waals surface area contributed by atoms with Gasteiger partial charge in [0.1, 0.15) is 5.15 Å². The van der Waals surface area contributed by atoms with Gasteiger partial charge in [0.25, 0.3) is 0 Å². The summed E-state index contributed by atoms with van der Waals surface area (Å²) in [6, 6.07) is 12.5. The molecule has 0 unspecified atom stereocenters. The number of halogens is 2. The van der Waals surface area contributed by atoms with Crippen molar-refractivity contribution in [3.8, 4) is 0 Å². The van der Waals surface area contributed by atoms with Crippen LogP contribution in [0, 0.1) is 5.95 Å². The highest BCUT2D eigenvalue weighted by molar-refractivity contribution is 6.29. The van der Waals surface area contributed by atoms with Crippen LogP contribution in [0.15, 0.2) is 36.4 Å². The second-order valence-corrected chi connectivity index (χ2v) is 6.54. The highest BCUT2D eigenvalue weighted by Crippen LogP contribution is 2.41. The van der Waals surface area contributed by atoms with Crippen molar-refractivity contribution in [3.63, 3.8) is 0 Å². The first-order chi connectivity index (χ1) is 10.7. The molecule has 1 aromatic heterocycles. The van der Waals surface area contributed by atoms with Gasteiger partial charge in [-0.05, 0) is 61.1 Å². The van der Waals surface area contributed by atoms with E-state index < -0.39 is 5.95 Å². The number of rotatable bonds is 3. The molecule has 0 atom stereocenters. The number of aryl methyl sites for hydroxylation is 1. The van der Waals surface area contributed by atoms with Crippen LogP contribution in [0.4, 0.5) is 4.39 Å². The van der Waals surface area contributed by atoms with Crippen LogP contribution in [0.5, 0.6) is 0 Å². The van der Waals surface area contributed by atoms with Gasteiger partial charge in [0, 0.05) is 5.56 Å². The van der Waals surface area contributed by atoms with Crippen LogP contribution in [-0.4, -0.2) is 4.98 Å². The van der Waals surface area contributed by atoms with E-state index >= 15 is 0 Å². The molecule has 1 heterocycles. The van der Waals surface area contributed by atoms with Crippen molar-refractivity contribution in [2.45, 2.75) is 50.9 Å². The lowest BCUT2D eigenvalue weighted by molar-refractivity contribution is 0.384. The molecule has 1 nitrogen and oxygen atoms in total. The normalized spacial score (nSPS) is 21.8. The Kier molecular flexibility index (Phi) is 4.77. The first-order valence-electron chi connectivity index (χ1n) is 8.08. The van der Waals surface area contributed by atoms with Crippen LogP contribution in [-0.2, 0) is 6.42 Å². The van der Waals surface area contributed by atoms with Crippen LogP contribution in [0.2, 0.25) is 5.15 Å². The summed E-state index contributed by atoms with van der Waals surface area (Å²) in [5.41, 5.74) is 3.53. The molecule has 1 aromatic carbocycles. The van der Waals surface area contributed by atoms with Gasteiger partial charge in [-0.3, -0.25) is 0 Å². The van der Waals surface area contributed by atoms with Crippen LogP contribution in [0.1, 0.15) is 61.1 Å². The van der Waals surface area contributed by atoms with E-state index in [9.17, 15) is 4.39 Å². The number of pyridine rings is 1. The molecule has 0 radical (unpaired) electrons. The lowest BCUT2D eigenvalue weighted by Crippen LogP contribution is -2.13. The highest BCUT2D eigenvalue weighted by Gasteiger charge is 2.25. The Bertz CT molecular complexity index is 630. The summed E-state index contributed by atoms with van der Waals surface area (Å²) in [7, 11) is 0. The van der Waals surface area contributed by atoms with E-state index in [1.165, 1.54) is 11.1 Å². The first-order valence-corrected chi connectivity index (χ1v) is 8.46. The van der Waals surface area contributed by atoms with Gasteiger partial charge < -0.3 is 0 Å². The molecule has 22 heavy (non-hydrogen) atoms. The lowest BCUT2D eigenvalue weighted by atomic mass is 9.76. The Labute approximate surface area is 136 Å². The van der Waals surface area contributed by atoms with Crippen molar-refractivity contribution >= 4 is 11.6 Å². The molecule has 2 aromatic rings. The minimum atomic E-state index is -0.400. The van der Waals surface area contributed by atoms with Gasteiger partial charge in [-0.1, -0.05) is 48.9 Å². The van der Waals surface area contributed by atoms with E-state index in [0.717, 1.165) is 37.7 Å². The second-order valence-electron chi connectivity index (χ2n) is 6.16. The zero-order valence-electron chi connectivity index (χ0n) is 12.9. The molecule has 1 saturated carbocycles. The van der Waals surface area contributed by atoms with Gasteiger partial charge in [-0.25, -0.2) is 4.98 Å². The van der Waals surface area contributed by atoms with Crippen LogP contribution < -0.4 is 0 Å². The molecule has 0 N–H and O–H groups in total. The van der Waals surface area contributed by atoms with Crippen LogP contribution in [0.3, 0.4) is 0 Å². The molecule has 0 amide bonds. The van der Waals surface area contributed by atoms with Crippen molar-refractivity contribution in [1.82, 2.24) is 4.98 Å². The minimum Gasteiger partial charge on any atom is -0.208 e. The topological polar surface area (TPSA) is 12.9 Å². The van der Waals surface area contributed by atoms with Crippen molar-refractivity contribution in [2.75, 3.05) is 0 Å². The standard InChI is InChI=1S/C19H21ClFN/c1-2-13-3-5-14(6-4-13)15-7-9-16(10-8-15)17-11-12-18(20)22-19(17)21/h3-6,11-12,15-16H,2,7-10H2,1H3. The average Bonchev–Trinajstić information content (AvgIpc) is 2.55. The number of aromatic nitrogens is 1. The predicted octanol–water partition coefficient (Wildman–Crippen LogP) is 5.88. The monoisotopic (exact) mass is 317 g/mol. The largest absolute Gasteiger partial charge is 0.217 e. The van der Waals surface area contributed by atoms with Crippen LogP contribution >= 0.6 is 11.6 Å². The summed E-state index contributed by atoms with van der Waals surface area (Å²) < 4.78 is 13.9. The second kappa shape index (κ2) is 6.78. The maximum atomic E-state index is 13.9. The molecule has 1 fully saturated rings. The molecule has 1 aliphatic carbocycles. The van der Waals surface area contributed by atoms with E-state index in [4.69, 9.17) is 11.6 Å². The third-order valence-electron chi connectivity index (χ3n) is 4.87. The molecule has 1 aliphatic rings. The van der Waals surface area contributed by atoms with Crippen molar-refractivity contribution in [2.24, 2.45) is 0 Å². The van der Waals surface area contributed by atoms with Gasteiger partial charge >= 0.3 is 0 Å². The zero-order valence-corrected chi connectivity index (χ0v) is 13.6. The summed E-state index contributed by atoms with van der Waals surface area (Å²) in [5.74, 6) is 0.477. The minimum absolute atomic E-state index is 0.228. The third-order valence-corrected chi connectivity index (χ3v) is 5.08. The molecule has 0 saturated heterocycles. The van der Waals surface area contributed by atoms with E-state index in [0.29, 0.717) is 5.92 Å². The first kappa shape index (κ1) is 15.5. The van der Waals surface area contributed by atoms with E-state index in [1.54, 1.807) is 12.1 Å². The Morgan fingerprint density at radius 2 is 1.64 bits per heavy atom. The Morgan fingerprint density at radius 3 is 2.23 bits per heavy atom. The summed E-state index contributed by atoms with van der Waals surface area (Å²) in [5, 5.41) is 0.228. The molecule has 0 aliphatic heterocycles. The highest BCUT2D eigenvalue weighted by atomic mass is 35.5. The van der Waals surface area contributed by atoms with E-state index in [-0.39, 0.29) is 11.1 Å². The fraction of sp³-hybridized carbons (Fsp3) is 0.421.